The van der Waals surface area contributed by atoms with Gasteiger partial charge in [-0.3, -0.25) is 4.79 Å². The molecule has 5 nitrogen and oxygen atoms in total. The molecule has 8 heteroatoms. The number of aromatic amines is 1. The molecule has 1 aromatic carbocycles. The van der Waals surface area contributed by atoms with E-state index in [0.29, 0.717) is 26.7 Å². The minimum Gasteiger partial charge on any atom is -0.506 e. The molecule has 0 aliphatic rings. The monoisotopic (exact) mass is 381 g/mol. The summed E-state index contributed by atoms with van der Waals surface area (Å²) >= 11 is 13.4. The van der Waals surface area contributed by atoms with Crippen molar-refractivity contribution in [2.75, 3.05) is 5.75 Å². The molecule has 0 amide bonds. The van der Waals surface area contributed by atoms with Crippen LogP contribution in [0.4, 0.5) is 0 Å². The summed E-state index contributed by atoms with van der Waals surface area (Å²) in [6.07, 6.45) is 6.64. The zero-order valence-corrected chi connectivity index (χ0v) is 14.8. The average Bonchev–Trinajstić information content (AvgIpc) is 2.54. The fourth-order valence-electron chi connectivity index (χ4n) is 2.36. The second-order valence-electron chi connectivity index (χ2n) is 5.14. The predicted molar refractivity (Wildman–Crippen MR) is 97.3 cm³/mol. The third-order valence-corrected chi connectivity index (χ3v) is 5.11. The third-order valence-electron chi connectivity index (χ3n) is 3.43. The van der Waals surface area contributed by atoms with Crippen LogP contribution in [0, 0.1) is 0 Å². The highest BCUT2D eigenvalue weighted by atomic mass is 35.5. The van der Waals surface area contributed by atoms with E-state index in [1.165, 1.54) is 24.2 Å². The Kier molecular flexibility index (Phi) is 5.28. The van der Waals surface area contributed by atoms with Gasteiger partial charge in [-0.1, -0.05) is 23.2 Å². The quantitative estimate of drug-likeness (QED) is 0.514. The first-order valence-electron chi connectivity index (χ1n) is 7.17. The molecule has 0 atom stereocenters. The molecule has 0 fully saturated rings. The molecule has 2 heterocycles. The normalized spacial score (nSPS) is 11.1. The van der Waals surface area contributed by atoms with Gasteiger partial charge in [-0.25, -0.2) is 9.97 Å². The molecule has 2 N–H and O–H groups in total. The SMILES string of the molecule is O=c1[nH]c2cc(Cl)cc(Cl)c2c(O)c1SCCCc1cncnc1. The Morgan fingerprint density at radius 1 is 1.21 bits per heavy atom. The molecule has 0 aliphatic carbocycles. The lowest BCUT2D eigenvalue weighted by atomic mass is 10.2. The number of hydrogen-bond donors (Lipinski definition) is 2. The molecule has 0 bridgehead atoms. The second kappa shape index (κ2) is 7.42. The van der Waals surface area contributed by atoms with Crippen LogP contribution in [0.25, 0.3) is 10.9 Å². The maximum atomic E-state index is 12.2. The summed E-state index contributed by atoms with van der Waals surface area (Å²) in [6.45, 7) is 0. The number of thioether (sulfide) groups is 1. The van der Waals surface area contributed by atoms with Crippen LogP contribution in [0.15, 0.2) is 40.5 Å². The highest BCUT2D eigenvalue weighted by Crippen LogP contribution is 2.37. The van der Waals surface area contributed by atoms with E-state index in [0.717, 1.165) is 18.4 Å². The van der Waals surface area contributed by atoms with Crippen molar-refractivity contribution in [3.63, 3.8) is 0 Å². The van der Waals surface area contributed by atoms with Crippen LogP contribution in [0.3, 0.4) is 0 Å². The van der Waals surface area contributed by atoms with E-state index in [-0.39, 0.29) is 16.2 Å². The second-order valence-corrected chi connectivity index (χ2v) is 7.09. The molecule has 124 valence electrons. The van der Waals surface area contributed by atoms with Crippen LogP contribution in [-0.4, -0.2) is 25.8 Å². The predicted octanol–water partition coefficient (Wildman–Crippen LogP) is 4.06. The minimum absolute atomic E-state index is 0.108. The Bertz CT molecular complexity index is 932. The van der Waals surface area contributed by atoms with Gasteiger partial charge < -0.3 is 10.1 Å². The highest BCUT2D eigenvalue weighted by molar-refractivity contribution is 7.99. The zero-order chi connectivity index (χ0) is 17.1. The molecule has 2 aromatic heterocycles. The fourth-order valence-corrected chi connectivity index (χ4v) is 3.85. The van der Waals surface area contributed by atoms with Gasteiger partial charge in [-0.05, 0) is 36.3 Å². The van der Waals surface area contributed by atoms with Crippen molar-refractivity contribution in [2.24, 2.45) is 0 Å². The Morgan fingerprint density at radius 2 is 1.96 bits per heavy atom. The van der Waals surface area contributed by atoms with Gasteiger partial charge in [0.1, 0.15) is 17.0 Å². The van der Waals surface area contributed by atoms with Gasteiger partial charge in [0.25, 0.3) is 5.56 Å². The lowest BCUT2D eigenvalue weighted by Crippen LogP contribution is -2.09. The van der Waals surface area contributed by atoms with Crippen LogP contribution >= 0.6 is 35.0 Å². The molecule has 0 saturated heterocycles. The minimum atomic E-state index is -0.355. The summed E-state index contributed by atoms with van der Waals surface area (Å²) in [6, 6.07) is 3.10. The van der Waals surface area contributed by atoms with Crippen molar-refractivity contribution < 1.29 is 5.11 Å². The van der Waals surface area contributed by atoms with Gasteiger partial charge in [-0.15, -0.1) is 11.8 Å². The van der Waals surface area contributed by atoms with Crippen LogP contribution in [0.5, 0.6) is 5.75 Å². The van der Waals surface area contributed by atoms with Crippen LogP contribution in [0.1, 0.15) is 12.0 Å². The number of nitrogens with zero attached hydrogens (tertiary/aromatic N) is 2. The molecule has 0 unspecified atom stereocenters. The fraction of sp³-hybridized carbons (Fsp3) is 0.188. The Hall–Kier alpha value is -1.76. The molecule has 0 aliphatic heterocycles. The molecule has 0 spiro atoms. The summed E-state index contributed by atoms with van der Waals surface area (Å²) < 4.78 is 0. The number of fused-ring (bicyclic) bond motifs is 1. The smallest absolute Gasteiger partial charge is 0.265 e. The van der Waals surface area contributed by atoms with Gasteiger partial charge in [0.15, 0.2) is 0 Å². The number of aryl methyl sites for hydroxylation is 1. The number of H-pyrrole nitrogens is 1. The van der Waals surface area contributed by atoms with Crippen molar-refractivity contribution in [3.05, 3.63) is 56.8 Å². The summed E-state index contributed by atoms with van der Waals surface area (Å²) in [5.41, 5.74) is 1.10. The standard InChI is InChI=1S/C16H13Cl2N3O2S/c17-10-4-11(18)13-12(5-10)21-16(23)15(14(13)22)24-3-1-2-9-6-19-8-20-7-9/h4-8H,1-3H2,(H2,21,22,23). The largest absolute Gasteiger partial charge is 0.506 e. The first-order valence-corrected chi connectivity index (χ1v) is 8.91. The van der Waals surface area contributed by atoms with Crippen LogP contribution < -0.4 is 5.56 Å². The van der Waals surface area contributed by atoms with Gasteiger partial charge in [0.2, 0.25) is 0 Å². The lowest BCUT2D eigenvalue weighted by Gasteiger charge is -2.09. The average molecular weight is 382 g/mol. The van der Waals surface area contributed by atoms with Gasteiger partial charge in [0, 0.05) is 17.4 Å². The highest BCUT2D eigenvalue weighted by Gasteiger charge is 2.15. The van der Waals surface area contributed by atoms with E-state index >= 15 is 0 Å². The Balaban J connectivity index is 1.78. The van der Waals surface area contributed by atoms with Crippen LogP contribution in [0.2, 0.25) is 10.0 Å². The summed E-state index contributed by atoms with van der Waals surface area (Å²) in [5.74, 6) is 0.561. The van der Waals surface area contributed by atoms with Gasteiger partial charge in [-0.2, -0.15) is 0 Å². The van der Waals surface area contributed by atoms with Crippen LogP contribution in [-0.2, 0) is 6.42 Å². The number of pyridine rings is 1. The first kappa shape index (κ1) is 17.1. The summed E-state index contributed by atoms with van der Waals surface area (Å²) in [7, 11) is 0. The van der Waals surface area contributed by atoms with E-state index in [9.17, 15) is 9.90 Å². The number of halogens is 2. The van der Waals surface area contributed by atoms with Gasteiger partial charge >= 0.3 is 0 Å². The number of benzene rings is 1. The third kappa shape index (κ3) is 3.66. The Morgan fingerprint density at radius 3 is 2.71 bits per heavy atom. The number of aromatic hydroxyl groups is 1. The number of aromatic nitrogens is 3. The molecular formula is C16H13Cl2N3O2S. The molecule has 3 rings (SSSR count). The van der Waals surface area contributed by atoms with Crippen molar-refractivity contribution >= 4 is 45.9 Å². The maximum absolute atomic E-state index is 12.2. The first-order chi connectivity index (χ1) is 11.6. The maximum Gasteiger partial charge on any atom is 0.265 e. The van der Waals surface area contributed by atoms with Crippen molar-refractivity contribution in [1.29, 1.82) is 0 Å². The van der Waals surface area contributed by atoms with E-state index < -0.39 is 0 Å². The van der Waals surface area contributed by atoms with Crippen molar-refractivity contribution in [1.82, 2.24) is 15.0 Å². The molecule has 3 aromatic rings. The molecule has 0 radical (unpaired) electrons. The molecular weight excluding hydrogens is 369 g/mol. The van der Waals surface area contributed by atoms with E-state index in [1.807, 2.05) is 0 Å². The molecule has 24 heavy (non-hydrogen) atoms. The summed E-state index contributed by atoms with van der Waals surface area (Å²) in [4.78, 5) is 23.1. The van der Waals surface area contributed by atoms with E-state index in [1.54, 1.807) is 18.5 Å². The van der Waals surface area contributed by atoms with E-state index in [2.05, 4.69) is 15.0 Å². The zero-order valence-electron chi connectivity index (χ0n) is 12.4. The lowest BCUT2D eigenvalue weighted by molar-refractivity contribution is 0.467. The number of rotatable bonds is 5. The Labute approximate surface area is 152 Å². The van der Waals surface area contributed by atoms with E-state index in [4.69, 9.17) is 23.2 Å². The van der Waals surface area contributed by atoms with Crippen molar-refractivity contribution in [2.45, 2.75) is 17.7 Å². The number of nitrogens with one attached hydrogen (secondary N) is 1. The number of hydrogen-bond acceptors (Lipinski definition) is 5. The molecule has 0 saturated carbocycles. The summed E-state index contributed by atoms with van der Waals surface area (Å²) in [5, 5.41) is 11.5. The topological polar surface area (TPSA) is 78.9 Å². The van der Waals surface area contributed by atoms with Crippen molar-refractivity contribution in [3.8, 4) is 5.75 Å². The van der Waals surface area contributed by atoms with Gasteiger partial charge in [0.05, 0.1) is 15.9 Å².